The molecule has 0 spiro atoms. The van der Waals surface area contributed by atoms with Crippen molar-refractivity contribution < 1.29 is 4.74 Å². The van der Waals surface area contributed by atoms with Crippen molar-refractivity contribution >= 4 is 29.9 Å². The molecule has 5 nitrogen and oxygen atoms in total. The summed E-state index contributed by atoms with van der Waals surface area (Å²) in [6, 6.07) is 8.39. The molecule has 0 aliphatic heterocycles. The van der Waals surface area contributed by atoms with Crippen LogP contribution < -0.4 is 15.4 Å². The van der Waals surface area contributed by atoms with Crippen LogP contribution in [0.3, 0.4) is 0 Å². The van der Waals surface area contributed by atoms with Gasteiger partial charge in [-0.05, 0) is 38.9 Å². The summed E-state index contributed by atoms with van der Waals surface area (Å²) < 4.78 is 5.50. The second-order valence-corrected chi connectivity index (χ2v) is 6.00. The predicted molar refractivity (Wildman–Crippen MR) is 107 cm³/mol. The Morgan fingerprint density at radius 3 is 2.57 bits per heavy atom. The summed E-state index contributed by atoms with van der Waals surface area (Å²) in [4.78, 5) is 6.49. The number of aliphatic imine (C=N–C) groups is 1. The van der Waals surface area contributed by atoms with Gasteiger partial charge in [-0.3, -0.25) is 4.99 Å². The van der Waals surface area contributed by atoms with Crippen LogP contribution in [0.15, 0.2) is 29.3 Å². The number of likely N-dealkylation sites (N-methyl/N-ethyl adjacent to an activating group) is 1. The third kappa shape index (κ3) is 6.18. The average Bonchev–Trinajstić information content (AvgIpc) is 3.35. The maximum atomic E-state index is 5.50. The van der Waals surface area contributed by atoms with Crippen LogP contribution in [0.4, 0.5) is 0 Å². The fraction of sp³-hybridized carbons (Fsp3) is 0.588. The highest BCUT2D eigenvalue weighted by molar-refractivity contribution is 14.0. The Kier molecular flexibility index (Phi) is 8.68. The first-order valence-corrected chi connectivity index (χ1v) is 7.89. The molecule has 0 heterocycles. The number of guanidine groups is 1. The van der Waals surface area contributed by atoms with E-state index in [4.69, 9.17) is 4.74 Å². The zero-order valence-electron chi connectivity index (χ0n) is 14.5. The Balaban J connectivity index is 0.00000264. The van der Waals surface area contributed by atoms with Crippen molar-refractivity contribution in [1.29, 1.82) is 0 Å². The number of nitrogens with one attached hydrogen (secondary N) is 2. The third-order valence-corrected chi connectivity index (χ3v) is 4.06. The smallest absolute Gasteiger partial charge is 0.191 e. The summed E-state index contributed by atoms with van der Waals surface area (Å²) in [6.45, 7) is 1.79. The Hall–Kier alpha value is -1.02. The van der Waals surface area contributed by atoms with Crippen LogP contribution in [0.2, 0.25) is 0 Å². The Morgan fingerprint density at radius 1 is 1.30 bits per heavy atom. The Labute approximate surface area is 156 Å². The first-order valence-electron chi connectivity index (χ1n) is 7.89. The van der Waals surface area contributed by atoms with E-state index in [1.54, 1.807) is 7.11 Å². The number of ether oxygens (including phenoxy) is 1. The molecule has 1 saturated carbocycles. The fourth-order valence-corrected chi connectivity index (χ4v) is 2.49. The van der Waals surface area contributed by atoms with Crippen LogP contribution in [-0.4, -0.2) is 52.2 Å². The Bertz CT molecular complexity index is 503. The molecule has 1 fully saturated rings. The minimum atomic E-state index is 0. The van der Waals surface area contributed by atoms with Crippen LogP contribution in [0.1, 0.15) is 24.4 Å². The van der Waals surface area contributed by atoms with Gasteiger partial charge < -0.3 is 20.3 Å². The molecule has 0 aromatic heterocycles. The summed E-state index contributed by atoms with van der Waals surface area (Å²) in [7, 11) is 7.70. The maximum absolute atomic E-state index is 5.50. The second-order valence-electron chi connectivity index (χ2n) is 6.00. The monoisotopic (exact) mass is 432 g/mol. The molecular formula is C17H29IN4O. The van der Waals surface area contributed by atoms with Crippen molar-refractivity contribution in [2.24, 2.45) is 10.9 Å². The Morgan fingerprint density at radius 2 is 2.00 bits per heavy atom. The number of rotatable bonds is 7. The van der Waals surface area contributed by atoms with Gasteiger partial charge in [-0.25, -0.2) is 0 Å². The minimum absolute atomic E-state index is 0. The van der Waals surface area contributed by atoms with E-state index in [9.17, 15) is 0 Å². The lowest BCUT2D eigenvalue weighted by Crippen LogP contribution is -2.42. The predicted octanol–water partition coefficient (Wildman–Crippen LogP) is 2.49. The lowest BCUT2D eigenvalue weighted by atomic mass is 10.0. The van der Waals surface area contributed by atoms with Gasteiger partial charge in [0, 0.05) is 25.7 Å². The molecule has 1 unspecified atom stereocenters. The zero-order chi connectivity index (χ0) is 15.9. The third-order valence-electron chi connectivity index (χ3n) is 4.06. The second kappa shape index (κ2) is 9.97. The van der Waals surface area contributed by atoms with Crippen molar-refractivity contribution in [3.63, 3.8) is 0 Å². The molecule has 0 radical (unpaired) electrons. The summed E-state index contributed by atoms with van der Waals surface area (Å²) in [6.07, 6.45) is 2.68. The number of benzene rings is 1. The molecule has 2 N–H and O–H groups in total. The standard InChI is InChI=1S/C17H28N4O.HI/c1-18-17(19-11-13-9-10-13)20-12-15(21(2)3)14-7-5-6-8-16(14)22-4;/h5-8,13,15H,9-12H2,1-4H3,(H2,18,19,20);1H. The molecule has 130 valence electrons. The molecule has 1 aliphatic rings. The van der Waals surface area contributed by atoms with E-state index in [1.807, 2.05) is 19.2 Å². The normalized spacial score (nSPS) is 15.8. The molecule has 23 heavy (non-hydrogen) atoms. The van der Waals surface area contributed by atoms with Gasteiger partial charge in [0.15, 0.2) is 5.96 Å². The number of hydrogen-bond donors (Lipinski definition) is 2. The SMILES string of the molecule is CN=C(NCC1CC1)NCC(c1ccccc1OC)N(C)C.I. The maximum Gasteiger partial charge on any atom is 0.191 e. The van der Waals surface area contributed by atoms with Gasteiger partial charge in [0.1, 0.15) is 5.75 Å². The van der Waals surface area contributed by atoms with Gasteiger partial charge in [-0.15, -0.1) is 24.0 Å². The van der Waals surface area contributed by atoms with E-state index < -0.39 is 0 Å². The molecule has 1 aromatic rings. The van der Waals surface area contributed by atoms with Crippen molar-refractivity contribution in [2.45, 2.75) is 18.9 Å². The molecule has 1 aromatic carbocycles. The lowest BCUT2D eigenvalue weighted by Gasteiger charge is -2.27. The van der Waals surface area contributed by atoms with E-state index in [-0.39, 0.29) is 30.0 Å². The number of hydrogen-bond acceptors (Lipinski definition) is 3. The molecule has 0 amide bonds. The zero-order valence-corrected chi connectivity index (χ0v) is 16.8. The van der Waals surface area contributed by atoms with Gasteiger partial charge in [-0.2, -0.15) is 0 Å². The quantitative estimate of drug-likeness (QED) is 0.395. The molecule has 2 rings (SSSR count). The van der Waals surface area contributed by atoms with Gasteiger partial charge in [-0.1, -0.05) is 18.2 Å². The van der Waals surface area contributed by atoms with Crippen molar-refractivity contribution in [2.75, 3.05) is 41.3 Å². The van der Waals surface area contributed by atoms with Crippen molar-refractivity contribution in [3.8, 4) is 5.75 Å². The first-order chi connectivity index (χ1) is 10.7. The van der Waals surface area contributed by atoms with E-state index in [0.717, 1.165) is 30.7 Å². The molecule has 0 saturated heterocycles. The van der Waals surface area contributed by atoms with E-state index in [0.29, 0.717) is 0 Å². The van der Waals surface area contributed by atoms with E-state index >= 15 is 0 Å². The minimum Gasteiger partial charge on any atom is -0.496 e. The van der Waals surface area contributed by atoms with Crippen LogP contribution in [0, 0.1) is 5.92 Å². The molecular weight excluding hydrogens is 403 g/mol. The lowest BCUT2D eigenvalue weighted by molar-refractivity contribution is 0.287. The number of methoxy groups -OCH3 is 1. The summed E-state index contributed by atoms with van der Waals surface area (Å²) in [5, 5.41) is 6.82. The van der Waals surface area contributed by atoms with E-state index in [1.165, 1.54) is 18.4 Å². The number of para-hydroxylation sites is 1. The summed E-state index contributed by atoms with van der Waals surface area (Å²) in [5.41, 5.74) is 1.18. The summed E-state index contributed by atoms with van der Waals surface area (Å²) >= 11 is 0. The van der Waals surface area contributed by atoms with Gasteiger partial charge in [0.2, 0.25) is 0 Å². The van der Waals surface area contributed by atoms with Crippen LogP contribution >= 0.6 is 24.0 Å². The molecule has 1 aliphatic carbocycles. The molecule has 1 atom stereocenters. The largest absolute Gasteiger partial charge is 0.496 e. The van der Waals surface area contributed by atoms with Crippen molar-refractivity contribution in [3.05, 3.63) is 29.8 Å². The van der Waals surface area contributed by atoms with Crippen LogP contribution in [0.5, 0.6) is 5.75 Å². The average molecular weight is 432 g/mol. The number of halogens is 1. The first kappa shape index (κ1) is 20.0. The molecule has 6 heteroatoms. The van der Waals surface area contributed by atoms with Gasteiger partial charge in [0.05, 0.1) is 13.2 Å². The highest BCUT2D eigenvalue weighted by Gasteiger charge is 2.22. The van der Waals surface area contributed by atoms with Gasteiger partial charge in [0.25, 0.3) is 0 Å². The fourth-order valence-electron chi connectivity index (χ4n) is 2.49. The van der Waals surface area contributed by atoms with Crippen molar-refractivity contribution in [1.82, 2.24) is 15.5 Å². The molecule has 0 bridgehead atoms. The number of nitrogens with zero attached hydrogens (tertiary/aromatic N) is 2. The summed E-state index contributed by atoms with van der Waals surface area (Å²) in [5.74, 6) is 2.62. The van der Waals surface area contributed by atoms with Gasteiger partial charge >= 0.3 is 0 Å². The van der Waals surface area contributed by atoms with Crippen LogP contribution in [-0.2, 0) is 0 Å². The van der Waals surface area contributed by atoms with E-state index in [2.05, 4.69) is 46.8 Å². The highest BCUT2D eigenvalue weighted by Crippen LogP contribution is 2.28. The topological polar surface area (TPSA) is 48.9 Å². The van der Waals surface area contributed by atoms with Crippen LogP contribution in [0.25, 0.3) is 0 Å². The highest BCUT2D eigenvalue weighted by atomic mass is 127.